The summed E-state index contributed by atoms with van der Waals surface area (Å²) in [5.74, 6) is -2.05. The normalized spacial score (nSPS) is 18.5. The number of morpholine rings is 1. The second kappa shape index (κ2) is 10.2. The number of halogens is 2. The summed E-state index contributed by atoms with van der Waals surface area (Å²) in [5.41, 5.74) is 2.82. The van der Waals surface area contributed by atoms with Crippen molar-refractivity contribution >= 4 is 5.91 Å². The first-order chi connectivity index (χ1) is 21.5. The Bertz CT molecular complexity index is 1990. The highest BCUT2D eigenvalue weighted by molar-refractivity contribution is 5.97. The second-order valence-electron chi connectivity index (χ2n) is 10.9. The first-order valence-electron chi connectivity index (χ1n) is 14.3. The van der Waals surface area contributed by atoms with Crippen molar-refractivity contribution in [1.82, 2.24) is 9.58 Å². The van der Waals surface area contributed by atoms with Gasteiger partial charge in [-0.05, 0) is 28.8 Å². The average Bonchev–Trinajstić information content (AvgIpc) is 3.50. The SMILES string of the molecule is O=C1c2c(OCc3ccccc3)c(=O)ccn2N([C@@H]2c3ccccc3-c3occc3-c3c2ccc(F)c3F)[C@@H]2COCCN12. The van der Waals surface area contributed by atoms with Crippen molar-refractivity contribution in [1.29, 1.82) is 0 Å². The van der Waals surface area contributed by atoms with E-state index in [-0.39, 0.29) is 42.7 Å². The van der Waals surface area contributed by atoms with Crippen molar-refractivity contribution in [2.45, 2.75) is 18.8 Å². The zero-order chi connectivity index (χ0) is 29.9. The third kappa shape index (κ3) is 3.91. The number of ether oxygens (including phenoxy) is 2. The third-order valence-corrected chi connectivity index (χ3v) is 8.50. The molecule has 2 aliphatic heterocycles. The summed E-state index contributed by atoms with van der Waals surface area (Å²) >= 11 is 0. The maximum absolute atomic E-state index is 15.9. The van der Waals surface area contributed by atoms with Gasteiger partial charge in [-0.15, -0.1) is 0 Å². The average molecular weight is 594 g/mol. The van der Waals surface area contributed by atoms with Gasteiger partial charge in [0.2, 0.25) is 5.43 Å². The molecule has 220 valence electrons. The van der Waals surface area contributed by atoms with E-state index in [0.29, 0.717) is 29.1 Å². The summed E-state index contributed by atoms with van der Waals surface area (Å²) in [6, 6.07) is 21.7. The van der Waals surface area contributed by atoms with Crippen LogP contribution < -0.4 is 15.2 Å². The van der Waals surface area contributed by atoms with Gasteiger partial charge >= 0.3 is 0 Å². The molecule has 2 aromatic heterocycles. The lowest BCUT2D eigenvalue weighted by molar-refractivity contribution is -0.0197. The van der Waals surface area contributed by atoms with Crippen LogP contribution in [0.1, 0.15) is 33.2 Å². The fraction of sp³-hybridized carbons (Fsp3) is 0.176. The van der Waals surface area contributed by atoms with E-state index in [2.05, 4.69) is 0 Å². The molecule has 1 aliphatic carbocycles. The van der Waals surface area contributed by atoms with Crippen LogP contribution >= 0.6 is 0 Å². The standard InChI is InChI=1S/C34H25F2N3O5/c35-25-11-10-23-28(29(25)36)24-13-16-43-32(24)22-9-5-4-8-21(22)30(23)39-27-19-42-17-15-37(27)34(41)31-33(26(40)12-14-38(31)39)44-18-20-6-2-1-3-7-20/h1-14,16,27,30H,15,17-19H2/t27-,30-/m1/s1. The molecule has 1 amide bonds. The molecule has 8 rings (SSSR count). The Morgan fingerprint density at radius 1 is 0.886 bits per heavy atom. The second-order valence-corrected chi connectivity index (χ2v) is 10.9. The minimum absolute atomic E-state index is 0.0501. The van der Waals surface area contributed by atoms with Crippen LogP contribution in [-0.2, 0) is 11.3 Å². The number of carbonyl (C=O) groups excluding carboxylic acids is 1. The minimum Gasteiger partial charge on any atom is -0.482 e. The number of benzene rings is 3. The summed E-state index contributed by atoms with van der Waals surface area (Å²) in [7, 11) is 0. The molecule has 2 atom stereocenters. The van der Waals surface area contributed by atoms with Crippen molar-refractivity contribution in [2.24, 2.45) is 0 Å². The minimum atomic E-state index is -1.00. The van der Waals surface area contributed by atoms with Crippen LogP contribution in [0, 0.1) is 11.6 Å². The van der Waals surface area contributed by atoms with Gasteiger partial charge < -0.3 is 18.8 Å². The van der Waals surface area contributed by atoms with Crippen LogP contribution in [0.15, 0.2) is 101 Å². The Morgan fingerprint density at radius 3 is 2.57 bits per heavy atom. The van der Waals surface area contributed by atoms with Gasteiger partial charge in [-0.1, -0.05) is 60.7 Å². The first-order valence-corrected chi connectivity index (χ1v) is 14.3. The van der Waals surface area contributed by atoms with E-state index in [1.165, 1.54) is 18.5 Å². The van der Waals surface area contributed by atoms with Crippen molar-refractivity contribution in [3.05, 3.63) is 136 Å². The Labute approximate surface area is 250 Å². The van der Waals surface area contributed by atoms with Crippen LogP contribution in [0.4, 0.5) is 8.78 Å². The lowest BCUT2D eigenvalue weighted by Gasteiger charge is -2.51. The zero-order valence-electron chi connectivity index (χ0n) is 23.3. The molecule has 0 radical (unpaired) electrons. The van der Waals surface area contributed by atoms with E-state index < -0.39 is 29.3 Å². The molecule has 10 heteroatoms. The van der Waals surface area contributed by atoms with Crippen LogP contribution in [0.3, 0.4) is 0 Å². The number of fused-ring (bicyclic) bond motifs is 7. The summed E-state index contributed by atoms with van der Waals surface area (Å²) in [4.78, 5) is 29.1. The number of hydrogen-bond donors (Lipinski definition) is 0. The fourth-order valence-corrected chi connectivity index (χ4v) is 6.57. The van der Waals surface area contributed by atoms with Gasteiger partial charge in [-0.25, -0.2) is 8.78 Å². The van der Waals surface area contributed by atoms with Crippen LogP contribution in [-0.4, -0.2) is 41.4 Å². The van der Waals surface area contributed by atoms with E-state index in [1.54, 1.807) is 21.7 Å². The molecular weight excluding hydrogens is 568 g/mol. The Balaban J connectivity index is 1.39. The predicted molar refractivity (Wildman–Crippen MR) is 157 cm³/mol. The summed E-state index contributed by atoms with van der Waals surface area (Å²) < 4.78 is 50.2. The molecule has 3 aromatic carbocycles. The van der Waals surface area contributed by atoms with Crippen LogP contribution in [0.25, 0.3) is 22.5 Å². The van der Waals surface area contributed by atoms with Crippen LogP contribution in [0.2, 0.25) is 0 Å². The van der Waals surface area contributed by atoms with Crippen LogP contribution in [0.5, 0.6) is 5.75 Å². The van der Waals surface area contributed by atoms with Gasteiger partial charge in [0, 0.05) is 35.5 Å². The lowest BCUT2D eigenvalue weighted by atomic mass is 9.92. The summed E-state index contributed by atoms with van der Waals surface area (Å²) in [6.07, 6.45) is 2.35. The largest absolute Gasteiger partial charge is 0.482 e. The van der Waals surface area contributed by atoms with Gasteiger partial charge in [0.1, 0.15) is 18.5 Å². The van der Waals surface area contributed by atoms with Crippen molar-refractivity contribution < 1.29 is 27.5 Å². The predicted octanol–water partition coefficient (Wildman–Crippen LogP) is 5.49. The van der Waals surface area contributed by atoms with E-state index in [0.717, 1.165) is 17.2 Å². The highest BCUT2D eigenvalue weighted by Gasteiger charge is 2.47. The molecule has 1 saturated heterocycles. The molecule has 8 nitrogen and oxygen atoms in total. The van der Waals surface area contributed by atoms with Crippen molar-refractivity contribution in [3.8, 4) is 28.2 Å². The molecular formula is C34H25F2N3O5. The molecule has 3 aliphatic rings. The molecule has 1 fully saturated rings. The number of nitrogens with zero attached hydrogens (tertiary/aromatic N) is 3. The molecule has 0 N–H and O–H groups in total. The molecule has 4 heterocycles. The van der Waals surface area contributed by atoms with Crippen molar-refractivity contribution in [3.63, 3.8) is 0 Å². The smallest absolute Gasteiger partial charge is 0.278 e. The van der Waals surface area contributed by atoms with Gasteiger partial charge in [0.25, 0.3) is 5.91 Å². The molecule has 0 unspecified atom stereocenters. The quantitative estimate of drug-likeness (QED) is 0.275. The maximum Gasteiger partial charge on any atom is 0.278 e. The lowest BCUT2D eigenvalue weighted by Crippen LogP contribution is -2.66. The topological polar surface area (TPSA) is 77.2 Å². The molecule has 44 heavy (non-hydrogen) atoms. The number of rotatable bonds is 4. The van der Waals surface area contributed by atoms with E-state index in [9.17, 15) is 14.0 Å². The highest BCUT2D eigenvalue weighted by Crippen LogP contribution is 2.49. The Kier molecular flexibility index (Phi) is 6.12. The number of pyridine rings is 1. The number of furan rings is 1. The Hall–Kier alpha value is -5.22. The van der Waals surface area contributed by atoms with Gasteiger partial charge in [-0.2, -0.15) is 0 Å². The highest BCUT2D eigenvalue weighted by atomic mass is 19.2. The number of amides is 1. The maximum atomic E-state index is 15.9. The van der Waals surface area contributed by atoms with E-state index >= 15 is 4.39 Å². The number of carbonyl (C=O) groups is 1. The van der Waals surface area contributed by atoms with Gasteiger partial charge in [-0.3, -0.25) is 19.3 Å². The third-order valence-electron chi connectivity index (χ3n) is 8.50. The van der Waals surface area contributed by atoms with Gasteiger partial charge in [0.05, 0.1) is 25.5 Å². The summed E-state index contributed by atoms with van der Waals surface area (Å²) in [6.45, 7) is 0.797. The Morgan fingerprint density at radius 2 is 1.70 bits per heavy atom. The molecule has 5 aromatic rings. The fourth-order valence-electron chi connectivity index (χ4n) is 6.57. The van der Waals surface area contributed by atoms with E-state index in [1.807, 2.05) is 59.6 Å². The number of aromatic nitrogens is 1. The number of hydrogen-bond acceptors (Lipinski definition) is 6. The first kappa shape index (κ1) is 26.4. The summed E-state index contributed by atoms with van der Waals surface area (Å²) in [5, 5.41) is 1.89. The zero-order valence-corrected chi connectivity index (χ0v) is 23.3. The molecule has 0 bridgehead atoms. The van der Waals surface area contributed by atoms with Gasteiger partial charge in [0.15, 0.2) is 23.1 Å². The molecule has 0 saturated carbocycles. The molecule has 0 spiro atoms. The van der Waals surface area contributed by atoms with E-state index in [4.69, 9.17) is 13.9 Å². The van der Waals surface area contributed by atoms with Crippen molar-refractivity contribution in [2.75, 3.05) is 24.8 Å². The monoisotopic (exact) mass is 593 g/mol.